The summed E-state index contributed by atoms with van der Waals surface area (Å²) in [5.74, 6) is 0.597. The van der Waals surface area contributed by atoms with Crippen molar-refractivity contribution >= 4 is 23.0 Å². The van der Waals surface area contributed by atoms with Crippen molar-refractivity contribution in [1.82, 2.24) is 4.90 Å². The molecule has 0 spiro atoms. The van der Waals surface area contributed by atoms with Gasteiger partial charge in [0.15, 0.2) is 5.11 Å². The van der Waals surface area contributed by atoms with E-state index < -0.39 is 0 Å². The Bertz CT molecular complexity index is 381. The highest BCUT2D eigenvalue weighted by Gasteiger charge is 2.21. The van der Waals surface area contributed by atoms with E-state index in [1.54, 1.807) is 7.11 Å². The number of likely N-dealkylation sites (tertiary alicyclic amines) is 1. The Morgan fingerprint density at radius 1 is 1.44 bits per heavy atom. The van der Waals surface area contributed by atoms with Crippen LogP contribution in [-0.4, -0.2) is 36.8 Å². The van der Waals surface area contributed by atoms with Gasteiger partial charge in [0.1, 0.15) is 0 Å². The zero-order chi connectivity index (χ0) is 12.8. The first-order valence-corrected chi connectivity index (χ1v) is 6.80. The monoisotopic (exact) mass is 264 g/mol. The van der Waals surface area contributed by atoms with E-state index in [0.29, 0.717) is 5.92 Å². The molecule has 0 radical (unpaired) electrons. The van der Waals surface area contributed by atoms with E-state index >= 15 is 0 Å². The van der Waals surface area contributed by atoms with Crippen LogP contribution >= 0.6 is 12.2 Å². The van der Waals surface area contributed by atoms with E-state index in [1.807, 2.05) is 30.3 Å². The summed E-state index contributed by atoms with van der Waals surface area (Å²) >= 11 is 5.47. The summed E-state index contributed by atoms with van der Waals surface area (Å²) in [6, 6.07) is 10.1. The van der Waals surface area contributed by atoms with E-state index in [2.05, 4.69) is 10.2 Å². The summed E-state index contributed by atoms with van der Waals surface area (Å²) in [6.45, 7) is 2.86. The Morgan fingerprint density at radius 3 is 2.94 bits per heavy atom. The van der Waals surface area contributed by atoms with E-state index in [0.717, 1.165) is 30.5 Å². The fourth-order valence-electron chi connectivity index (χ4n) is 2.35. The summed E-state index contributed by atoms with van der Waals surface area (Å²) in [5, 5.41) is 4.11. The van der Waals surface area contributed by atoms with Crippen LogP contribution in [-0.2, 0) is 4.74 Å². The largest absolute Gasteiger partial charge is 0.384 e. The van der Waals surface area contributed by atoms with Gasteiger partial charge in [0.2, 0.25) is 0 Å². The molecule has 1 aromatic carbocycles. The SMILES string of the molecule is COCC1CCCN(C(=S)Nc2ccccc2)C1. The molecule has 1 atom stereocenters. The Kier molecular flexibility index (Phi) is 4.96. The van der Waals surface area contributed by atoms with Crippen LogP contribution in [0.4, 0.5) is 5.69 Å². The summed E-state index contributed by atoms with van der Waals surface area (Å²) in [4.78, 5) is 2.25. The molecule has 0 aliphatic carbocycles. The van der Waals surface area contributed by atoms with Gasteiger partial charge in [-0.15, -0.1) is 0 Å². The maximum atomic E-state index is 5.47. The first kappa shape index (κ1) is 13.3. The number of rotatable bonds is 3. The van der Waals surface area contributed by atoms with Crippen LogP contribution in [0.15, 0.2) is 30.3 Å². The number of para-hydroxylation sites is 1. The molecule has 0 saturated carbocycles. The Labute approximate surface area is 114 Å². The first-order chi connectivity index (χ1) is 8.79. The van der Waals surface area contributed by atoms with Crippen molar-refractivity contribution in [3.8, 4) is 0 Å². The van der Waals surface area contributed by atoms with E-state index in [-0.39, 0.29) is 0 Å². The van der Waals surface area contributed by atoms with Gasteiger partial charge in [-0.2, -0.15) is 0 Å². The number of ether oxygens (including phenoxy) is 1. The minimum atomic E-state index is 0.597. The van der Waals surface area contributed by atoms with Crippen molar-refractivity contribution in [1.29, 1.82) is 0 Å². The van der Waals surface area contributed by atoms with Gasteiger partial charge in [-0.25, -0.2) is 0 Å². The van der Waals surface area contributed by atoms with E-state index in [9.17, 15) is 0 Å². The molecule has 0 aromatic heterocycles. The molecule has 0 amide bonds. The van der Waals surface area contributed by atoms with Crippen LogP contribution in [0.25, 0.3) is 0 Å². The number of benzene rings is 1. The molecular weight excluding hydrogens is 244 g/mol. The molecular formula is C14H20N2OS. The normalized spacial score (nSPS) is 19.6. The highest BCUT2D eigenvalue weighted by atomic mass is 32.1. The van der Waals surface area contributed by atoms with Gasteiger partial charge in [-0.05, 0) is 43.1 Å². The molecule has 4 heteroatoms. The number of nitrogens with zero attached hydrogens (tertiary/aromatic N) is 1. The van der Waals surface area contributed by atoms with Crippen molar-refractivity contribution in [3.63, 3.8) is 0 Å². The predicted molar refractivity (Wildman–Crippen MR) is 78.8 cm³/mol. The van der Waals surface area contributed by atoms with Crippen LogP contribution in [0.5, 0.6) is 0 Å². The molecule has 18 heavy (non-hydrogen) atoms. The molecule has 1 saturated heterocycles. The summed E-state index contributed by atoms with van der Waals surface area (Å²) in [5.41, 5.74) is 1.05. The number of thiocarbonyl (C=S) groups is 1. The quantitative estimate of drug-likeness (QED) is 0.849. The predicted octanol–water partition coefficient (Wildman–Crippen LogP) is 2.74. The molecule has 1 heterocycles. The van der Waals surface area contributed by atoms with Crippen molar-refractivity contribution in [2.45, 2.75) is 12.8 Å². The summed E-state index contributed by atoms with van der Waals surface area (Å²) in [6.07, 6.45) is 2.42. The highest BCUT2D eigenvalue weighted by molar-refractivity contribution is 7.80. The van der Waals surface area contributed by atoms with Gasteiger partial charge in [-0.3, -0.25) is 0 Å². The molecule has 1 fully saturated rings. The molecule has 1 aromatic rings. The number of methoxy groups -OCH3 is 1. The number of nitrogens with one attached hydrogen (secondary N) is 1. The second-order valence-corrected chi connectivity index (χ2v) is 5.09. The molecule has 1 aliphatic heterocycles. The van der Waals surface area contributed by atoms with E-state index in [1.165, 1.54) is 12.8 Å². The minimum absolute atomic E-state index is 0.597. The number of anilines is 1. The maximum absolute atomic E-state index is 5.47. The van der Waals surface area contributed by atoms with Crippen LogP contribution in [0.2, 0.25) is 0 Å². The second-order valence-electron chi connectivity index (χ2n) is 4.71. The molecule has 1 N–H and O–H groups in total. The minimum Gasteiger partial charge on any atom is -0.384 e. The molecule has 98 valence electrons. The van der Waals surface area contributed by atoms with Gasteiger partial charge < -0.3 is 15.0 Å². The van der Waals surface area contributed by atoms with Gasteiger partial charge >= 0.3 is 0 Å². The number of piperidine rings is 1. The van der Waals surface area contributed by atoms with Crippen LogP contribution in [0.3, 0.4) is 0 Å². The molecule has 1 unspecified atom stereocenters. The zero-order valence-electron chi connectivity index (χ0n) is 10.8. The van der Waals surface area contributed by atoms with Gasteiger partial charge in [0, 0.05) is 25.9 Å². The summed E-state index contributed by atoms with van der Waals surface area (Å²) in [7, 11) is 1.76. The number of hydrogen-bond donors (Lipinski definition) is 1. The topological polar surface area (TPSA) is 24.5 Å². The lowest BCUT2D eigenvalue weighted by Crippen LogP contribution is -2.43. The van der Waals surface area contributed by atoms with Gasteiger partial charge in [0.25, 0.3) is 0 Å². The maximum Gasteiger partial charge on any atom is 0.173 e. The van der Waals surface area contributed by atoms with Crippen molar-refractivity contribution in [3.05, 3.63) is 30.3 Å². The third kappa shape index (κ3) is 3.68. The number of hydrogen-bond acceptors (Lipinski definition) is 2. The fraction of sp³-hybridized carbons (Fsp3) is 0.500. The average molecular weight is 264 g/mol. The van der Waals surface area contributed by atoms with Crippen molar-refractivity contribution < 1.29 is 4.74 Å². The second kappa shape index (κ2) is 6.71. The standard InChI is InChI=1S/C14H20N2OS/c1-17-11-12-6-5-9-16(10-12)14(18)15-13-7-3-2-4-8-13/h2-4,7-8,12H,5-6,9-11H2,1H3,(H,15,18). The first-order valence-electron chi connectivity index (χ1n) is 6.39. The lowest BCUT2D eigenvalue weighted by Gasteiger charge is -2.34. The van der Waals surface area contributed by atoms with Crippen LogP contribution < -0.4 is 5.32 Å². The van der Waals surface area contributed by atoms with Crippen molar-refractivity contribution in [2.75, 3.05) is 32.1 Å². The molecule has 2 rings (SSSR count). The molecule has 1 aliphatic rings. The fourth-order valence-corrected chi connectivity index (χ4v) is 2.63. The average Bonchev–Trinajstić information content (AvgIpc) is 2.40. The Morgan fingerprint density at radius 2 is 2.22 bits per heavy atom. The zero-order valence-corrected chi connectivity index (χ0v) is 11.6. The third-order valence-electron chi connectivity index (χ3n) is 3.23. The van der Waals surface area contributed by atoms with Crippen LogP contribution in [0, 0.1) is 5.92 Å². The Balaban J connectivity index is 1.88. The van der Waals surface area contributed by atoms with Crippen molar-refractivity contribution in [2.24, 2.45) is 5.92 Å². The Hall–Kier alpha value is -1.13. The van der Waals surface area contributed by atoms with Crippen LogP contribution in [0.1, 0.15) is 12.8 Å². The lowest BCUT2D eigenvalue weighted by atomic mass is 9.99. The summed E-state index contributed by atoms with van der Waals surface area (Å²) < 4.78 is 5.24. The molecule has 0 bridgehead atoms. The smallest absolute Gasteiger partial charge is 0.173 e. The highest BCUT2D eigenvalue weighted by Crippen LogP contribution is 2.18. The van der Waals surface area contributed by atoms with E-state index in [4.69, 9.17) is 17.0 Å². The lowest BCUT2D eigenvalue weighted by molar-refractivity contribution is 0.116. The van der Waals surface area contributed by atoms with Gasteiger partial charge in [-0.1, -0.05) is 18.2 Å². The molecule has 3 nitrogen and oxygen atoms in total. The van der Waals surface area contributed by atoms with Gasteiger partial charge in [0.05, 0.1) is 6.61 Å². The third-order valence-corrected chi connectivity index (χ3v) is 3.59.